The lowest BCUT2D eigenvalue weighted by Crippen LogP contribution is -2.40. The Hall–Kier alpha value is -0.210. The summed E-state index contributed by atoms with van der Waals surface area (Å²) in [5.74, 6) is 0. The fourth-order valence-corrected chi connectivity index (χ4v) is 3.36. The molecule has 1 aliphatic heterocycles. The van der Waals surface area contributed by atoms with Gasteiger partial charge in [0.25, 0.3) is 0 Å². The number of nitrogens with one attached hydrogen (secondary N) is 1. The molecule has 0 saturated carbocycles. The SMILES string of the molecule is CCCCCCCCCCCCCCCCN1C=CC(C)(Cl)N1. The number of rotatable bonds is 15. The minimum atomic E-state index is -0.379. The van der Waals surface area contributed by atoms with Gasteiger partial charge in [-0.1, -0.05) is 102 Å². The third kappa shape index (κ3) is 11.9. The molecule has 0 aliphatic carbocycles. The molecule has 1 atom stereocenters. The van der Waals surface area contributed by atoms with E-state index in [1.165, 1.54) is 89.9 Å². The van der Waals surface area contributed by atoms with Crippen molar-refractivity contribution in [2.45, 2.75) is 109 Å². The van der Waals surface area contributed by atoms with Crippen LogP contribution >= 0.6 is 11.6 Å². The number of halogens is 1. The maximum absolute atomic E-state index is 6.19. The van der Waals surface area contributed by atoms with Gasteiger partial charge in [-0.15, -0.1) is 0 Å². The van der Waals surface area contributed by atoms with E-state index in [-0.39, 0.29) is 5.00 Å². The minimum Gasteiger partial charge on any atom is -0.314 e. The van der Waals surface area contributed by atoms with Gasteiger partial charge in [-0.3, -0.25) is 0 Å². The van der Waals surface area contributed by atoms with Crippen molar-refractivity contribution in [3.05, 3.63) is 12.3 Å². The van der Waals surface area contributed by atoms with E-state index in [4.69, 9.17) is 11.6 Å². The first kappa shape index (κ1) is 20.8. The molecule has 0 bridgehead atoms. The predicted octanol–water partition coefficient (Wildman–Crippen LogP) is 6.76. The van der Waals surface area contributed by atoms with Crippen LogP contribution in [0.25, 0.3) is 0 Å². The molecular weight excluding hydrogens is 304 g/mol. The van der Waals surface area contributed by atoms with Crippen LogP contribution in [0.1, 0.15) is 104 Å². The average molecular weight is 343 g/mol. The summed E-state index contributed by atoms with van der Waals surface area (Å²) in [6.45, 7) is 5.34. The van der Waals surface area contributed by atoms with E-state index in [0.717, 1.165) is 6.54 Å². The van der Waals surface area contributed by atoms with Crippen LogP contribution in [0.15, 0.2) is 12.3 Å². The van der Waals surface area contributed by atoms with E-state index in [9.17, 15) is 0 Å². The maximum atomic E-state index is 6.19. The Balaban J connectivity index is 1.73. The number of hydrazine groups is 1. The quantitative estimate of drug-likeness (QED) is 0.201. The standard InChI is InChI=1S/C20H39ClN2/c1-3-4-5-6-7-8-9-10-11-12-13-14-15-16-18-23-19-17-20(2,21)22-23/h17,19,22H,3-16,18H2,1-2H3. The second-order valence-electron chi connectivity index (χ2n) is 7.29. The van der Waals surface area contributed by atoms with Crippen molar-refractivity contribution >= 4 is 11.6 Å². The first-order valence-corrected chi connectivity index (χ1v) is 10.4. The van der Waals surface area contributed by atoms with Gasteiger partial charge >= 0.3 is 0 Å². The van der Waals surface area contributed by atoms with Gasteiger partial charge in [0, 0.05) is 12.7 Å². The lowest BCUT2D eigenvalue weighted by atomic mass is 10.0. The molecule has 0 spiro atoms. The summed E-state index contributed by atoms with van der Waals surface area (Å²) in [5.41, 5.74) is 3.26. The van der Waals surface area contributed by atoms with Gasteiger partial charge in [-0.2, -0.15) is 0 Å². The van der Waals surface area contributed by atoms with Crippen LogP contribution in [0.4, 0.5) is 0 Å². The molecule has 23 heavy (non-hydrogen) atoms. The Morgan fingerprint density at radius 2 is 1.22 bits per heavy atom. The third-order valence-electron chi connectivity index (χ3n) is 4.68. The molecule has 136 valence electrons. The third-order valence-corrected chi connectivity index (χ3v) is 4.89. The van der Waals surface area contributed by atoms with Gasteiger partial charge in [0.1, 0.15) is 5.00 Å². The van der Waals surface area contributed by atoms with E-state index < -0.39 is 0 Å². The first-order valence-electron chi connectivity index (χ1n) is 10.1. The number of unbranched alkanes of at least 4 members (excludes halogenated alkanes) is 13. The van der Waals surface area contributed by atoms with Crippen molar-refractivity contribution in [2.75, 3.05) is 6.54 Å². The lowest BCUT2D eigenvalue weighted by Gasteiger charge is -2.22. The second-order valence-corrected chi connectivity index (χ2v) is 8.08. The highest BCUT2D eigenvalue weighted by Crippen LogP contribution is 2.19. The number of hydrogen-bond donors (Lipinski definition) is 1. The van der Waals surface area contributed by atoms with Gasteiger partial charge in [0.2, 0.25) is 0 Å². The molecule has 1 heterocycles. The first-order chi connectivity index (χ1) is 11.1. The molecule has 0 fully saturated rings. The minimum absolute atomic E-state index is 0.379. The van der Waals surface area contributed by atoms with E-state index in [1.54, 1.807) is 0 Å². The Kier molecular flexibility index (Phi) is 11.9. The highest BCUT2D eigenvalue weighted by atomic mass is 35.5. The molecule has 0 aromatic heterocycles. The highest BCUT2D eigenvalue weighted by Gasteiger charge is 2.23. The molecule has 0 radical (unpaired) electrons. The van der Waals surface area contributed by atoms with Crippen LogP contribution in [0.5, 0.6) is 0 Å². The monoisotopic (exact) mass is 342 g/mol. The Morgan fingerprint density at radius 3 is 1.61 bits per heavy atom. The van der Waals surface area contributed by atoms with Crippen molar-refractivity contribution in [2.24, 2.45) is 0 Å². The summed E-state index contributed by atoms with van der Waals surface area (Å²) in [6, 6.07) is 0. The highest BCUT2D eigenvalue weighted by molar-refractivity contribution is 6.24. The molecule has 3 heteroatoms. The number of alkyl halides is 1. The fourth-order valence-electron chi connectivity index (χ4n) is 3.19. The molecule has 1 N–H and O–H groups in total. The van der Waals surface area contributed by atoms with Gasteiger partial charge in [0.05, 0.1) is 0 Å². The zero-order chi connectivity index (χ0) is 16.8. The normalized spacial score (nSPS) is 20.6. The molecule has 1 rings (SSSR count). The molecule has 0 aromatic rings. The van der Waals surface area contributed by atoms with Gasteiger partial charge in [-0.05, 0) is 19.4 Å². The Morgan fingerprint density at radius 1 is 0.783 bits per heavy atom. The van der Waals surface area contributed by atoms with Crippen LogP contribution in [0.3, 0.4) is 0 Å². The van der Waals surface area contributed by atoms with Crippen LogP contribution in [0, 0.1) is 0 Å². The van der Waals surface area contributed by atoms with Crippen LogP contribution < -0.4 is 5.43 Å². The van der Waals surface area contributed by atoms with Crippen molar-refractivity contribution in [3.63, 3.8) is 0 Å². The molecule has 0 aromatic carbocycles. The zero-order valence-corrected chi connectivity index (χ0v) is 16.3. The lowest BCUT2D eigenvalue weighted by molar-refractivity contribution is 0.260. The van der Waals surface area contributed by atoms with E-state index >= 15 is 0 Å². The molecule has 1 unspecified atom stereocenters. The molecular formula is C20H39ClN2. The smallest absolute Gasteiger partial charge is 0.128 e. The predicted molar refractivity (Wildman–Crippen MR) is 104 cm³/mol. The molecule has 2 nitrogen and oxygen atoms in total. The summed E-state index contributed by atoms with van der Waals surface area (Å²) >= 11 is 6.19. The summed E-state index contributed by atoms with van der Waals surface area (Å²) in [7, 11) is 0. The summed E-state index contributed by atoms with van der Waals surface area (Å²) in [5, 5.41) is 2.12. The van der Waals surface area contributed by atoms with Crippen LogP contribution in [0.2, 0.25) is 0 Å². The molecule has 0 amide bonds. The second kappa shape index (κ2) is 13.1. The van der Waals surface area contributed by atoms with Gasteiger partial charge < -0.3 is 5.01 Å². The van der Waals surface area contributed by atoms with E-state index in [1.807, 2.05) is 13.0 Å². The topological polar surface area (TPSA) is 15.3 Å². The van der Waals surface area contributed by atoms with E-state index in [0.29, 0.717) is 0 Å². The van der Waals surface area contributed by atoms with Crippen LogP contribution in [-0.2, 0) is 0 Å². The number of hydrogen-bond acceptors (Lipinski definition) is 2. The summed E-state index contributed by atoms with van der Waals surface area (Å²) in [4.78, 5) is -0.379. The molecule has 1 aliphatic rings. The van der Waals surface area contributed by atoms with Gasteiger partial charge in [0.15, 0.2) is 0 Å². The number of nitrogens with zero attached hydrogens (tertiary/aromatic N) is 1. The maximum Gasteiger partial charge on any atom is 0.128 e. The van der Waals surface area contributed by atoms with Crippen molar-refractivity contribution in [3.8, 4) is 0 Å². The van der Waals surface area contributed by atoms with Crippen molar-refractivity contribution in [1.29, 1.82) is 0 Å². The van der Waals surface area contributed by atoms with E-state index in [2.05, 4.69) is 23.6 Å². The fraction of sp³-hybridized carbons (Fsp3) is 0.900. The summed E-state index contributed by atoms with van der Waals surface area (Å²) in [6.07, 6.45) is 23.8. The Labute approximate surface area is 150 Å². The van der Waals surface area contributed by atoms with Crippen LogP contribution in [-0.4, -0.2) is 16.6 Å². The average Bonchev–Trinajstić information content (AvgIpc) is 2.87. The van der Waals surface area contributed by atoms with Crippen molar-refractivity contribution in [1.82, 2.24) is 10.4 Å². The summed E-state index contributed by atoms with van der Waals surface area (Å²) < 4.78 is 0. The molecule has 0 saturated heterocycles. The largest absolute Gasteiger partial charge is 0.314 e. The van der Waals surface area contributed by atoms with Gasteiger partial charge in [-0.25, -0.2) is 5.43 Å². The van der Waals surface area contributed by atoms with Crippen molar-refractivity contribution < 1.29 is 0 Å². The Bertz CT molecular complexity index is 302. The zero-order valence-electron chi connectivity index (χ0n) is 15.6.